The minimum Gasteiger partial charge on any atom is -0.465 e. The highest BCUT2D eigenvalue weighted by atomic mass is 16.5. The topological polar surface area (TPSA) is 55.4 Å². The molecule has 0 aromatic heterocycles. The maximum Gasteiger partial charge on any atom is 0.337 e. The molecule has 2 aromatic carbocycles. The Labute approximate surface area is 117 Å². The van der Waals surface area contributed by atoms with Crippen molar-refractivity contribution < 1.29 is 14.3 Å². The van der Waals surface area contributed by atoms with Gasteiger partial charge in [0.1, 0.15) is 0 Å². The standard InChI is InChI=1S/C16H15NO3/c1-20-16(19)14-9-5-6-12(10-14)11-17-15(18)13-7-3-2-4-8-13/h2-10H,11H2,1H3,(H,17,18). The Morgan fingerprint density at radius 1 is 1.00 bits per heavy atom. The van der Waals surface area contributed by atoms with E-state index in [1.54, 1.807) is 30.3 Å². The van der Waals surface area contributed by atoms with Crippen LogP contribution >= 0.6 is 0 Å². The average molecular weight is 269 g/mol. The molecule has 0 radical (unpaired) electrons. The number of carbonyl (C=O) groups is 2. The molecule has 20 heavy (non-hydrogen) atoms. The lowest BCUT2D eigenvalue weighted by Gasteiger charge is -2.06. The Morgan fingerprint density at radius 3 is 2.40 bits per heavy atom. The van der Waals surface area contributed by atoms with E-state index in [-0.39, 0.29) is 11.9 Å². The number of nitrogens with one attached hydrogen (secondary N) is 1. The van der Waals surface area contributed by atoms with Crippen molar-refractivity contribution in [2.45, 2.75) is 6.54 Å². The van der Waals surface area contributed by atoms with Crippen LogP contribution in [0.2, 0.25) is 0 Å². The van der Waals surface area contributed by atoms with E-state index in [1.807, 2.05) is 24.3 Å². The number of esters is 1. The molecule has 0 saturated heterocycles. The Hall–Kier alpha value is -2.62. The van der Waals surface area contributed by atoms with E-state index in [0.29, 0.717) is 17.7 Å². The quantitative estimate of drug-likeness (QED) is 0.867. The van der Waals surface area contributed by atoms with Crippen molar-refractivity contribution in [3.8, 4) is 0 Å². The van der Waals surface area contributed by atoms with Crippen molar-refractivity contribution in [2.24, 2.45) is 0 Å². The van der Waals surface area contributed by atoms with E-state index in [9.17, 15) is 9.59 Å². The maximum absolute atomic E-state index is 11.9. The lowest BCUT2D eigenvalue weighted by Crippen LogP contribution is -2.22. The molecule has 0 saturated carbocycles. The van der Waals surface area contributed by atoms with Gasteiger partial charge in [-0.15, -0.1) is 0 Å². The Bertz CT molecular complexity index is 608. The van der Waals surface area contributed by atoms with E-state index in [4.69, 9.17) is 0 Å². The predicted molar refractivity (Wildman–Crippen MR) is 75.4 cm³/mol. The normalized spacial score (nSPS) is 9.85. The van der Waals surface area contributed by atoms with Crippen molar-refractivity contribution in [3.05, 3.63) is 71.3 Å². The van der Waals surface area contributed by atoms with Gasteiger partial charge in [-0.3, -0.25) is 4.79 Å². The van der Waals surface area contributed by atoms with Crippen molar-refractivity contribution >= 4 is 11.9 Å². The first-order valence-electron chi connectivity index (χ1n) is 6.21. The third-order valence-electron chi connectivity index (χ3n) is 2.84. The number of methoxy groups -OCH3 is 1. The van der Waals surface area contributed by atoms with Gasteiger partial charge in [-0.25, -0.2) is 4.79 Å². The summed E-state index contributed by atoms with van der Waals surface area (Å²) in [6.07, 6.45) is 0. The van der Waals surface area contributed by atoms with Crippen LogP contribution in [0.15, 0.2) is 54.6 Å². The van der Waals surface area contributed by atoms with Gasteiger partial charge in [0, 0.05) is 12.1 Å². The lowest BCUT2D eigenvalue weighted by atomic mass is 10.1. The van der Waals surface area contributed by atoms with Crippen LogP contribution in [0.1, 0.15) is 26.3 Å². The molecular formula is C16H15NO3. The minimum absolute atomic E-state index is 0.144. The molecule has 2 aromatic rings. The summed E-state index contributed by atoms with van der Waals surface area (Å²) < 4.78 is 4.66. The van der Waals surface area contributed by atoms with Crippen molar-refractivity contribution in [1.82, 2.24) is 5.32 Å². The molecular weight excluding hydrogens is 254 g/mol. The Morgan fingerprint density at radius 2 is 1.70 bits per heavy atom. The zero-order valence-corrected chi connectivity index (χ0v) is 11.1. The fourth-order valence-corrected chi connectivity index (χ4v) is 1.80. The second-order valence-corrected chi connectivity index (χ2v) is 4.24. The summed E-state index contributed by atoms with van der Waals surface area (Å²) in [5, 5.41) is 2.81. The lowest BCUT2D eigenvalue weighted by molar-refractivity contribution is 0.0600. The molecule has 4 nitrogen and oxygen atoms in total. The van der Waals surface area contributed by atoms with Crippen LogP contribution in [0, 0.1) is 0 Å². The molecule has 0 fully saturated rings. The smallest absolute Gasteiger partial charge is 0.337 e. The molecule has 0 aliphatic carbocycles. The second-order valence-electron chi connectivity index (χ2n) is 4.24. The molecule has 0 spiro atoms. The molecule has 0 unspecified atom stereocenters. The van der Waals surface area contributed by atoms with E-state index < -0.39 is 0 Å². The molecule has 1 amide bonds. The van der Waals surface area contributed by atoms with E-state index >= 15 is 0 Å². The Balaban J connectivity index is 2.01. The van der Waals surface area contributed by atoms with Crippen LogP contribution in [-0.4, -0.2) is 19.0 Å². The predicted octanol–water partition coefficient (Wildman–Crippen LogP) is 2.40. The Kier molecular flexibility index (Phi) is 4.50. The monoisotopic (exact) mass is 269 g/mol. The van der Waals surface area contributed by atoms with Gasteiger partial charge >= 0.3 is 5.97 Å². The highest BCUT2D eigenvalue weighted by molar-refractivity contribution is 5.94. The summed E-state index contributed by atoms with van der Waals surface area (Å²) in [5.74, 6) is -0.532. The van der Waals surface area contributed by atoms with Crippen LogP contribution in [0.5, 0.6) is 0 Å². The highest BCUT2D eigenvalue weighted by Gasteiger charge is 2.07. The van der Waals surface area contributed by atoms with Gasteiger partial charge in [-0.1, -0.05) is 30.3 Å². The highest BCUT2D eigenvalue weighted by Crippen LogP contribution is 2.07. The minimum atomic E-state index is -0.388. The molecule has 0 bridgehead atoms. The molecule has 0 heterocycles. The molecule has 4 heteroatoms. The SMILES string of the molecule is COC(=O)c1cccc(CNC(=O)c2ccccc2)c1. The maximum atomic E-state index is 11.9. The van der Waals surface area contributed by atoms with E-state index in [2.05, 4.69) is 10.1 Å². The second kappa shape index (κ2) is 6.52. The zero-order chi connectivity index (χ0) is 14.4. The largest absolute Gasteiger partial charge is 0.465 e. The number of amides is 1. The van der Waals surface area contributed by atoms with E-state index in [0.717, 1.165) is 5.56 Å². The summed E-state index contributed by atoms with van der Waals surface area (Å²) in [6.45, 7) is 0.360. The number of hydrogen-bond donors (Lipinski definition) is 1. The fourth-order valence-electron chi connectivity index (χ4n) is 1.80. The number of rotatable bonds is 4. The van der Waals surface area contributed by atoms with Crippen LogP contribution in [0.25, 0.3) is 0 Å². The van der Waals surface area contributed by atoms with Crippen molar-refractivity contribution in [1.29, 1.82) is 0 Å². The first-order valence-corrected chi connectivity index (χ1v) is 6.21. The van der Waals surface area contributed by atoms with Gasteiger partial charge in [-0.2, -0.15) is 0 Å². The summed E-state index contributed by atoms with van der Waals surface area (Å²) in [6, 6.07) is 16.0. The van der Waals surface area contributed by atoms with Gasteiger partial charge in [0.2, 0.25) is 0 Å². The first-order chi connectivity index (χ1) is 9.70. The third kappa shape index (κ3) is 3.45. The van der Waals surface area contributed by atoms with Crippen molar-refractivity contribution in [2.75, 3.05) is 7.11 Å². The summed E-state index contributed by atoms with van der Waals surface area (Å²) >= 11 is 0. The van der Waals surface area contributed by atoms with Crippen molar-refractivity contribution in [3.63, 3.8) is 0 Å². The van der Waals surface area contributed by atoms with Crippen LogP contribution < -0.4 is 5.32 Å². The number of carbonyl (C=O) groups excluding carboxylic acids is 2. The van der Waals surface area contributed by atoms with Crippen LogP contribution in [0.4, 0.5) is 0 Å². The third-order valence-corrected chi connectivity index (χ3v) is 2.84. The number of ether oxygens (including phenoxy) is 1. The molecule has 0 atom stereocenters. The summed E-state index contributed by atoms with van der Waals surface area (Å²) in [5.41, 5.74) is 1.92. The van der Waals surface area contributed by atoms with Gasteiger partial charge < -0.3 is 10.1 Å². The molecule has 102 valence electrons. The van der Waals surface area contributed by atoms with Gasteiger partial charge in [-0.05, 0) is 29.8 Å². The molecule has 2 rings (SSSR count). The summed E-state index contributed by atoms with van der Waals surface area (Å²) in [7, 11) is 1.34. The van der Waals surface area contributed by atoms with Gasteiger partial charge in [0.15, 0.2) is 0 Å². The van der Waals surface area contributed by atoms with Gasteiger partial charge in [0.25, 0.3) is 5.91 Å². The van der Waals surface area contributed by atoms with Gasteiger partial charge in [0.05, 0.1) is 12.7 Å². The first kappa shape index (κ1) is 13.8. The number of benzene rings is 2. The summed E-state index contributed by atoms with van der Waals surface area (Å²) in [4.78, 5) is 23.3. The molecule has 0 aliphatic rings. The number of hydrogen-bond acceptors (Lipinski definition) is 3. The van der Waals surface area contributed by atoms with E-state index in [1.165, 1.54) is 7.11 Å². The average Bonchev–Trinajstić information content (AvgIpc) is 2.53. The molecule has 1 N–H and O–H groups in total. The molecule has 0 aliphatic heterocycles. The zero-order valence-electron chi connectivity index (χ0n) is 11.1. The fraction of sp³-hybridized carbons (Fsp3) is 0.125. The van der Waals surface area contributed by atoms with Crippen LogP contribution in [0.3, 0.4) is 0 Å². The van der Waals surface area contributed by atoms with Crippen LogP contribution in [-0.2, 0) is 11.3 Å².